The zero-order chi connectivity index (χ0) is 13.4. The van der Waals surface area contributed by atoms with Crippen molar-refractivity contribution in [3.63, 3.8) is 0 Å². The van der Waals surface area contributed by atoms with E-state index in [1.807, 2.05) is 33.0 Å². The van der Waals surface area contributed by atoms with Gasteiger partial charge in [-0.15, -0.1) is 0 Å². The highest BCUT2D eigenvalue weighted by Gasteiger charge is 2.16. The summed E-state index contributed by atoms with van der Waals surface area (Å²) in [6.07, 6.45) is 0. The van der Waals surface area contributed by atoms with Crippen LogP contribution in [0.4, 0.5) is 5.82 Å². The van der Waals surface area contributed by atoms with Crippen molar-refractivity contribution in [2.24, 2.45) is 7.05 Å². The molecule has 2 aromatic rings. The molecular weight excluding hydrogens is 250 g/mol. The number of hydrogen-bond donors (Lipinski definition) is 1. The maximum Gasteiger partial charge on any atom is 0.128 e. The van der Waals surface area contributed by atoms with Gasteiger partial charge in [-0.05, 0) is 31.5 Å². The number of hydrogen-bond acceptors (Lipinski definition) is 3. The molecule has 0 radical (unpaired) electrons. The van der Waals surface area contributed by atoms with Crippen molar-refractivity contribution >= 4 is 17.4 Å². The number of anilines is 1. The van der Waals surface area contributed by atoms with Gasteiger partial charge in [0.15, 0.2) is 0 Å². The Labute approximate surface area is 111 Å². The molecule has 2 rings (SSSR count). The zero-order valence-corrected chi connectivity index (χ0v) is 11.7. The molecule has 2 N–H and O–H groups in total. The highest BCUT2D eigenvalue weighted by molar-refractivity contribution is 6.31. The molecule has 0 fully saturated rings. The number of nitrogen functional groups attached to an aromatic ring is 1. The third kappa shape index (κ3) is 1.93. The van der Waals surface area contributed by atoms with E-state index in [1.165, 1.54) is 0 Å². The largest absolute Gasteiger partial charge is 0.496 e. The highest BCUT2D eigenvalue weighted by atomic mass is 35.5. The Morgan fingerprint density at radius 2 is 2.00 bits per heavy atom. The van der Waals surface area contributed by atoms with Gasteiger partial charge in [0.25, 0.3) is 0 Å². The van der Waals surface area contributed by atoms with Crippen LogP contribution in [-0.4, -0.2) is 16.9 Å². The van der Waals surface area contributed by atoms with Gasteiger partial charge in [-0.3, -0.25) is 4.68 Å². The van der Waals surface area contributed by atoms with E-state index in [0.29, 0.717) is 10.8 Å². The van der Waals surface area contributed by atoms with E-state index in [4.69, 9.17) is 22.1 Å². The maximum absolute atomic E-state index is 6.17. The predicted octanol–water partition coefficient (Wildman–Crippen LogP) is 2.95. The number of methoxy groups -OCH3 is 1. The van der Waals surface area contributed by atoms with Crippen LogP contribution in [0.1, 0.15) is 11.1 Å². The molecule has 4 nitrogen and oxygen atoms in total. The Balaban J connectivity index is 2.70. The summed E-state index contributed by atoms with van der Waals surface area (Å²) in [5.74, 6) is 1.39. The third-order valence-electron chi connectivity index (χ3n) is 3.07. The first-order valence-corrected chi connectivity index (χ1v) is 5.97. The SMILES string of the molecule is COc1cc(C)c(Cl)cc1-c1nn(C)c(N)c1C. The summed E-state index contributed by atoms with van der Waals surface area (Å²) in [4.78, 5) is 0. The Morgan fingerprint density at radius 3 is 2.50 bits per heavy atom. The first-order chi connectivity index (χ1) is 8.45. The van der Waals surface area contributed by atoms with Gasteiger partial charge in [0.2, 0.25) is 0 Å². The highest BCUT2D eigenvalue weighted by Crippen LogP contribution is 2.36. The molecule has 0 atom stereocenters. The van der Waals surface area contributed by atoms with Gasteiger partial charge in [0.05, 0.1) is 7.11 Å². The molecule has 0 spiro atoms. The van der Waals surface area contributed by atoms with E-state index in [1.54, 1.807) is 11.8 Å². The fourth-order valence-corrected chi connectivity index (χ4v) is 2.07. The van der Waals surface area contributed by atoms with Crippen LogP contribution >= 0.6 is 11.6 Å². The van der Waals surface area contributed by atoms with E-state index in [0.717, 1.165) is 28.1 Å². The first-order valence-electron chi connectivity index (χ1n) is 5.59. The lowest BCUT2D eigenvalue weighted by Crippen LogP contribution is -1.97. The molecule has 0 saturated carbocycles. The van der Waals surface area contributed by atoms with Crippen LogP contribution in [0.5, 0.6) is 5.75 Å². The lowest BCUT2D eigenvalue weighted by atomic mass is 10.1. The molecule has 0 saturated heterocycles. The third-order valence-corrected chi connectivity index (χ3v) is 3.48. The van der Waals surface area contributed by atoms with Crippen molar-refractivity contribution in [3.8, 4) is 17.0 Å². The van der Waals surface area contributed by atoms with Gasteiger partial charge in [-0.25, -0.2) is 0 Å². The Kier molecular flexibility index (Phi) is 3.22. The van der Waals surface area contributed by atoms with Crippen LogP contribution in [0.15, 0.2) is 12.1 Å². The van der Waals surface area contributed by atoms with Crippen molar-refractivity contribution in [1.29, 1.82) is 0 Å². The minimum atomic E-state index is 0.642. The fourth-order valence-electron chi connectivity index (χ4n) is 1.91. The summed E-state index contributed by atoms with van der Waals surface area (Å²) < 4.78 is 7.04. The number of aromatic nitrogens is 2. The number of nitrogens with zero attached hydrogens (tertiary/aromatic N) is 2. The molecule has 18 heavy (non-hydrogen) atoms. The van der Waals surface area contributed by atoms with Crippen molar-refractivity contribution in [2.75, 3.05) is 12.8 Å². The molecule has 0 amide bonds. The van der Waals surface area contributed by atoms with Gasteiger partial charge >= 0.3 is 0 Å². The molecule has 0 aliphatic rings. The molecule has 0 bridgehead atoms. The van der Waals surface area contributed by atoms with Gasteiger partial charge in [0, 0.05) is 23.2 Å². The molecular formula is C13H16ClN3O. The topological polar surface area (TPSA) is 53.1 Å². The number of aryl methyl sites for hydroxylation is 2. The summed E-state index contributed by atoms with van der Waals surface area (Å²) in [5.41, 5.74) is 9.48. The summed E-state index contributed by atoms with van der Waals surface area (Å²) in [6.45, 7) is 3.87. The molecule has 1 aromatic heterocycles. The molecule has 5 heteroatoms. The van der Waals surface area contributed by atoms with Crippen molar-refractivity contribution in [3.05, 3.63) is 28.3 Å². The average Bonchev–Trinajstić information content (AvgIpc) is 2.60. The molecule has 0 aliphatic heterocycles. The minimum absolute atomic E-state index is 0.642. The normalized spacial score (nSPS) is 10.7. The molecule has 96 valence electrons. The van der Waals surface area contributed by atoms with E-state index in [2.05, 4.69) is 5.10 Å². The molecule has 1 heterocycles. The van der Waals surface area contributed by atoms with E-state index in [9.17, 15) is 0 Å². The van der Waals surface area contributed by atoms with Crippen LogP contribution in [0.25, 0.3) is 11.3 Å². The number of nitrogens with two attached hydrogens (primary N) is 1. The summed E-state index contributed by atoms with van der Waals surface area (Å²) >= 11 is 6.17. The lowest BCUT2D eigenvalue weighted by molar-refractivity contribution is 0.416. The fraction of sp³-hybridized carbons (Fsp3) is 0.308. The van der Waals surface area contributed by atoms with E-state index in [-0.39, 0.29) is 0 Å². The summed E-state index contributed by atoms with van der Waals surface area (Å²) in [5, 5.41) is 5.10. The van der Waals surface area contributed by atoms with Crippen molar-refractivity contribution in [2.45, 2.75) is 13.8 Å². The second-order valence-electron chi connectivity index (χ2n) is 4.28. The van der Waals surface area contributed by atoms with Crippen molar-refractivity contribution in [1.82, 2.24) is 9.78 Å². The molecule has 0 unspecified atom stereocenters. The van der Waals surface area contributed by atoms with Gasteiger partial charge < -0.3 is 10.5 Å². The van der Waals surface area contributed by atoms with Crippen LogP contribution in [0.2, 0.25) is 5.02 Å². The summed E-state index contributed by atoms with van der Waals surface area (Å²) in [6, 6.07) is 3.77. The number of rotatable bonds is 2. The van der Waals surface area contributed by atoms with E-state index >= 15 is 0 Å². The van der Waals surface area contributed by atoms with Gasteiger partial charge in [0.1, 0.15) is 17.3 Å². The van der Waals surface area contributed by atoms with Gasteiger partial charge in [-0.1, -0.05) is 11.6 Å². The second kappa shape index (κ2) is 4.53. The van der Waals surface area contributed by atoms with Crippen LogP contribution < -0.4 is 10.5 Å². The first kappa shape index (κ1) is 12.8. The number of ether oxygens (including phenoxy) is 1. The Bertz CT molecular complexity index is 605. The lowest BCUT2D eigenvalue weighted by Gasteiger charge is -2.09. The predicted molar refractivity (Wildman–Crippen MR) is 74.1 cm³/mol. The molecule has 0 aliphatic carbocycles. The monoisotopic (exact) mass is 265 g/mol. The minimum Gasteiger partial charge on any atom is -0.496 e. The average molecular weight is 266 g/mol. The summed E-state index contributed by atoms with van der Waals surface area (Å²) in [7, 11) is 3.45. The Hall–Kier alpha value is -1.68. The van der Waals surface area contributed by atoms with Crippen molar-refractivity contribution < 1.29 is 4.74 Å². The Morgan fingerprint density at radius 1 is 1.33 bits per heavy atom. The standard InChI is InChI=1S/C13H16ClN3O/c1-7-5-11(18-4)9(6-10(7)14)12-8(2)13(15)17(3)16-12/h5-6H,15H2,1-4H3. The number of halogens is 1. The molecule has 1 aromatic carbocycles. The maximum atomic E-state index is 6.17. The van der Waals surface area contributed by atoms with Crippen LogP contribution in [-0.2, 0) is 7.05 Å². The van der Waals surface area contributed by atoms with Crippen LogP contribution in [0, 0.1) is 13.8 Å². The van der Waals surface area contributed by atoms with Crippen LogP contribution in [0.3, 0.4) is 0 Å². The quantitative estimate of drug-likeness (QED) is 0.908. The second-order valence-corrected chi connectivity index (χ2v) is 4.69. The van der Waals surface area contributed by atoms with E-state index < -0.39 is 0 Å². The zero-order valence-electron chi connectivity index (χ0n) is 10.9. The number of benzene rings is 1. The van der Waals surface area contributed by atoms with Gasteiger partial charge in [-0.2, -0.15) is 5.10 Å². The smallest absolute Gasteiger partial charge is 0.128 e.